The van der Waals surface area contributed by atoms with Gasteiger partial charge in [0, 0.05) is 0 Å². The number of ether oxygens (including phenoxy) is 2. The van der Waals surface area contributed by atoms with Crippen molar-refractivity contribution >= 4 is 11.2 Å². The molecule has 1 N–H and O–H groups in total. The molecule has 0 aliphatic heterocycles. The number of imidazole rings is 1. The number of hydrogen-bond acceptors (Lipinski definition) is 5. The summed E-state index contributed by atoms with van der Waals surface area (Å²) in [7, 11) is 0. The second-order valence-electron chi connectivity index (χ2n) is 5.46. The first kappa shape index (κ1) is 15.1. The molecule has 0 saturated carbocycles. The fraction of sp³-hybridized carbons (Fsp3) is 0.105. The minimum absolute atomic E-state index is 0.242. The number of hydrogen-bond donors (Lipinski definition) is 1. The normalized spacial score (nSPS) is 10.7. The lowest BCUT2D eigenvalue weighted by molar-refractivity contribution is 0.261. The highest BCUT2D eigenvalue weighted by molar-refractivity contribution is 5.75. The van der Waals surface area contributed by atoms with E-state index in [2.05, 4.69) is 19.9 Å². The number of aromatic amines is 1. The van der Waals surface area contributed by atoms with E-state index >= 15 is 0 Å². The van der Waals surface area contributed by atoms with Crippen molar-refractivity contribution in [3.05, 3.63) is 78.1 Å². The molecule has 0 aliphatic carbocycles. The summed E-state index contributed by atoms with van der Waals surface area (Å²) in [4.78, 5) is 15.9. The molecule has 25 heavy (non-hydrogen) atoms. The zero-order valence-corrected chi connectivity index (χ0v) is 13.4. The lowest BCUT2D eigenvalue weighted by Gasteiger charge is -2.09. The van der Waals surface area contributed by atoms with Crippen LogP contribution < -0.4 is 9.47 Å². The summed E-state index contributed by atoms with van der Waals surface area (Å²) in [5.41, 5.74) is 3.27. The molecule has 0 bridgehead atoms. The maximum absolute atomic E-state index is 5.85. The van der Waals surface area contributed by atoms with Crippen LogP contribution in [0.4, 0.5) is 0 Å². The van der Waals surface area contributed by atoms with Crippen molar-refractivity contribution in [2.75, 3.05) is 0 Å². The molecule has 4 rings (SSSR count). The Bertz CT molecular complexity index is 955. The molecule has 6 nitrogen and oxygen atoms in total. The maximum Gasteiger partial charge on any atom is 0.322 e. The topological polar surface area (TPSA) is 72.9 Å². The monoisotopic (exact) mass is 332 g/mol. The van der Waals surface area contributed by atoms with Gasteiger partial charge in [-0.1, -0.05) is 60.7 Å². The molecule has 0 radical (unpaired) electrons. The maximum atomic E-state index is 5.85. The van der Waals surface area contributed by atoms with Crippen LogP contribution in [-0.2, 0) is 13.2 Å². The number of benzene rings is 2. The first-order chi connectivity index (χ1) is 12.4. The Hall–Kier alpha value is -3.41. The highest BCUT2D eigenvalue weighted by atomic mass is 16.5. The van der Waals surface area contributed by atoms with Gasteiger partial charge in [0.25, 0.3) is 0 Å². The second kappa shape index (κ2) is 7.00. The van der Waals surface area contributed by atoms with Gasteiger partial charge >= 0.3 is 6.01 Å². The van der Waals surface area contributed by atoms with E-state index in [-0.39, 0.29) is 6.01 Å². The first-order valence-corrected chi connectivity index (χ1v) is 7.93. The SMILES string of the molecule is c1ccc(COc2nc(OCc3ccccc3)c3[nH]cnc3n2)cc1. The van der Waals surface area contributed by atoms with Crippen molar-refractivity contribution < 1.29 is 9.47 Å². The molecule has 2 heterocycles. The Morgan fingerprint density at radius 1 is 0.760 bits per heavy atom. The number of nitrogens with one attached hydrogen (secondary N) is 1. The molecule has 2 aromatic heterocycles. The quantitative estimate of drug-likeness (QED) is 0.585. The molecule has 2 aromatic carbocycles. The van der Waals surface area contributed by atoms with E-state index in [4.69, 9.17) is 9.47 Å². The van der Waals surface area contributed by atoms with Crippen LogP contribution in [0.25, 0.3) is 11.2 Å². The summed E-state index contributed by atoms with van der Waals surface area (Å²) in [6.45, 7) is 0.791. The fourth-order valence-corrected chi connectivity index (χ4v) is 2.40. The Labute approximate surface area is 144 Å². The smallest absolute Gasteiger partial charge is 0.322 e. The van der Waals surface area contributed by atoms with E-state index in [1.807, 2.05) is 60.7 Å². The molecule has 6 heteroatoms. The molecule has 0 aliphatic rings. The van der Waals surface area contributed by atoms with Crippen molar-refractivity contribution in [1.82, 2.24) is 19.9 Å². The molecule has 0 amide bonds. The average molecular weight is 332 g/mol. The second-order valence-corrected chi connectivity index (χ2v) is 5.46. The van der Waals surface area contributed by atoms with Crippen molar-refractivity contribution in [2.24, 2.45) is 0 Å². The molecule has 0 unspecified atom stereocenters. The third-order valence-electron chi connectivity index (χ3n) is 3.66. The van der Waals surface area contributed by atoms with Crippen molar-refractivity contribution in [1.29, 1.82) is 0 Å². The van der Waals surface area contributed by atoms with Gasteiger partial charge in [0.15, 0.2) is 5.65 Å². The lowest BCUT2D eigenvalue weighted by atomic mass is 10.2. The average Bonchev–Trinajstić information content (AvgIpc) is 3.15. The molecular formula is C19H16N4O2. The molecule has 124 valence electrons. The van der Waals surface area contributed by atoms with Crippen LogP contribution in [0.2, 0.25) is 0 Å². The number of rotatable bonds is 6. The molecule has 4 aromatic rings. The number of aromatic nitrogens is 4. The van der Waals surface area contributed by atoms with Gasteiger partial charge < -0.3 is 14.5 Å². The van der Waals surface area contributed by atoms with E-state index in [9.17, 15) is 0 Å². The Balaban J connectivity index is 1.54. The van der Waals surface area contributed by atoms with Gasteiger partial charge in [-0.2, -0.15) is 9.97 Å². The lowest BCUT2D eigenvalue weighted by Crippen LogP contribution is -2.03. The highest BCUT2D eigenvalue weighted by Gasteiger charge is 2.12. The minimum Gasteiger partial charge on any atom is -0.471 e. The van der Waals surface area contributed by atoms with Gasteiger partial charge in [0.05, 0.1) is 6.33 Å². The zero-order valence-electron chi connectivity index (χ0n) is 13.4. The van der Waals surface area contributed by atoms with Crippen LogP contribution in [0.3, 0.4) is 0 Å². The standard InChI is InChI=1S/C19H16N4O2/c1-3-7-14(8-4-1)11-24-18-16-17(21-13-20-16)22-19(23-18)25-12-15-9-5-2-6-10-15/h1-10,13H,11-12H2,(H,20,21,22,23). The minimum atomic E-state index is 0.242. The van der Waals surface area contributed by atoms with Crippen LogP contribution in [-0.4, -0.2) is 19.9 Å². The predicted molar refractivity (Wildman–Crippen MR) is 93.2 cm³/mol. The van der Waals surface area contributed by atoms with Gasteiger partial charge in [0.1, 0.15) is 18.7 Å². The molecule has 0 atom stereocenters. The van der Waals surface area contributed by atoms with E-state index in [1.54, 1.807) is 6.33 Å². The van der Waals surface area contributed by atoms with Crippen LogP contribution in [0.1, 0.15) is 11.1 Å². The van der Waals surface area contributed by atoms with Crippen molar-refractivity contribution in [3.63, 3.8) is 0 Å². The van der Waals surface area contributed by atoms with Gasteiger partial charge in [0.2, 0.25) is 5.88 Å². The zero-order chi connectivity index (χ0) is 16.9. The third-order valence-corrected chi connectivity index (χ3v) is 3.66. The highest BCUT2D eigenvalue weighted by Crippen LogP contribution is 2.23. The first-order valence-electron chi connectivity index (χ1n) is 7.93. The van der Waals surface area contributed by atoms with Crippen LogP contribution >= 0.6 is 0 Å². The summed E-state index contributed by atoms with van der Waals surface area (Å²) in [5, 5.41) is 0. The van der Waals surface area contributed by atoms with Crippen LogP contribution in [0.15, 0.2) is 67.0 Å². The van der Waals surface area contributed by atoms with E-state index in [0.29, 0.717) is 30.3 Å². The number of H-pyrrole nitrogens is 1. The van der Waals surface area contributed by atoms with Gasteiger partial charge in [-0.3, -0.25) is 0 Å². The largest absolute Gasteiger partial charge is 0.471 e. The van der Waals surface area contributed by atoms with Crippen LogP contribution in [0, 0.1) is 0 Å². The molecule has 0 saturated heterocycles. The summed E-state index contributed by atoms with van der Waals surface area (Å²) in [6.07, 6.45) is 1.57. The van der Waals surface area contributed by atoms with E-state index in [1.165, 1.54) is 0 Å². The Morgan fingerprint density at radius 3 is 2.08 bits per heavy atom. The molecule has 0 fully saturated rings. The summed E-state index contributed by atoms with van der Waals surface area (Å²) in [5.74, 6) is 0.425. The number of nitrogens with zero attached hydrogens (tertiary/aromatic N) is 3. The van der Waals surface area contributed by atoms with E-state index in [0.717, 1.165) is 11.1 Å². The fourth-order valence-electron chi connectivity index (χ4n) is 2.40. The third kappa shape index (κ3) is 3.58. The van der Waals surface area contributed by atoms with Crippen molar-refractivity contribution in [3.8, 4) is 11.9 Å². The van der Waals surface area contributed by atoms with Gasteiger partial charge in [-0.25, -0.2) is 4.98 Å². The summed E-state index contributed by atoms with van der Waals surface area (Å²) in [6, 6.07) is 20.0. The van der Waals surface area contributed by atoms with E-state index < -0.39 is 0 Å². The summed E-state index contributed by atoms with van der Waals surface area (Å²) >= 11 is 0. The Kier molecular flexibility index (Phi) is 4.24. The predicted octanol–water partition coefficient (Wildman–Crippen LogP) is 3.51. The molecule has 0 spiro atoms. The van der Waals surface area contributed by atoms with Crippen molar-refractivity contribution in [2.45, 2.75) is 13.2 Å². The van der Waals surface area contributed by atoms with Gasteiger partial charge in [-0.15, -0.1) is 0 Å². The molecular weight excluding hydrogens is 316 g/mol. The summed E-state index contributed by atoms with van der Waals surface area (Å²) < 4.78 is 11.6. The number of fused-ring (bicyclic) bond motifs is 1. The Morgan fingerprint density at radius 2 is 1.40 bits per heavy atom. The van der Waals surface area contributed by atoms with Crippen LogP contribution in [0.5, 0.6) is 11.9 Å². The van der Waals surface area contributed by atoms with Gasteiger partial charge in [-0.05, 0) is 11.1 Å².